The minimum Gasteiger partial charge on any atom is -0.464 e. The maximum absolute atomic E-state index is 13.1. The van der Waals surface area contributed by atoms with Gasteiger partial charge in [0.1, 0.15) is 0 Å². The summed E-state index contributed by atoms with van der Waals surface area (Å²) in [6.07, 6.45) is 6.13. The molecule has 5 rings (SSSR count). The molecule has 0 atom stereocenters. The second-order valence-electron chi connectivity index (χ2n) is 9.75. The molecule has 1 amide bonds. The van der Waals surface area contributed by atoms with Gasteiger partial charge in [0.15, 0.2) is 18.1 Å². The van der Waals surface area contributed by atoms with Gasteiger partial charge in [-0.3, -0.25) is 9.69 Å². The third-order valence-electron chi connectivity index (χ3n) is 6.91. The number of nitrogens with zero attached hydrogens (tertiary/aromatic N) is 2. The highest BCUT2D eigenvalue weighted by Gasteiger charge is 2.28. The summed E-state index contributed by atoms with van der Waals surface area (Å²) in [6, 6.07) is 5.57. The van der Waals surface area contributed by atoms with Gasteiger partial charge in [0, 0.05) is 30.9 Å². The molecule has 3 aliphatic rings. The van der Waals surface area contributed by atoms with Gasteiger partial charge >= 0.3 is 0 Å². The first kappa shape index (κ1) is 24.2. The summed E-state index contributed by atoms with van der Waals surface area (Å²) < 4.78 is 42.1. The van der Waals surface area contributed by atoms with E-state index in [0.717, 1.165) is 75.7 Å². The molecule has 190 valence electrons. The highest BCUT2D eigenvalue weighted by atomic mass is 32.1. The lowest BCUT2D eigenvalue weighted by molar-refractivity contribution is -0.0230. The monoisotopic (exact) mass is 507 g/mol. The van der Waals surface area contributed by atoms with Crippen LogP contribution >= 0.6 is 11.3 Å². The first-order chi connectivity index (χ1) is 16.8. The van der Waals surface area contributed by atoms with Crippen molar-refractivity contribution in [3.05, 3.63) is 34.3 Å². The van der Waals surface area contributed by atoms with Crippen molar-refractivity contribution in [2.75, 3.05) is 26.5 Å². The number of hydrogen-bond donors (Lipinski definition) is 1. The van der Waals surface area contributed by atoms with Crippen molar-refractivity contribution in [1.29, 1.82) is 0 Å². The van der Waals surface area contributed by atoms with Gasteiger partial charge in [0.2, 0.25) is 6.79 Å². The number of amides is 1. The predicted octanol–water partition coefficient (Wildman–Crippen LogP) is 4.64. The molecule has 2 aromatic rings. The molecule has 7 nitrogen and oxygen atoms in total. The Morgan fingerprint density at radius 2 is 2.11 bits per heavy atom. The zero-order chi connectivity index (χ0) is 24.4. The van der Waals surface area contributed by atoms with Crippen LogP contribution in [-0.2, 0) is 13.0 Å². The van der Waals surface area contributed by atoms with Crippen molar-refractivity contribution in [2.45, 2.75) is 64.0 Å². The number of nitrogens with one attached hydrogen (secondary N) is 1. The number of thiazole rings is 1. The molecule has 0 bridgehead atoms. The number of rotatable bonds is 8. The number of para-hydroxylation sites is 1. The third kappa shape index (κ3) is 6.03. The third-order valence-corrected chi connectivity index (χ3v) is 7.98. The van der Waals surface area contributed by atoms with Gasteiger partial charge in [0.05, 0.1) is 11.3 Å². The predicted molar refractivity (Wildman–Crippen MR) is 128 cm³/mol. The van der Waals surface area contributed by atoms with Gasteiger partial charge in [0.25, 0.3) is 17.0 Å². The standard InChI is InChI=1S/C25H31F2N3O4S/c1-25(26,27)14-32-24-29-19-13-30(12-10-21(19)35-24)11-9-16-5-7-17(8-6-16)28-23(31)18-3-2-4-20-22(18)34-15-33-20/h2-4,16-17H,5-15H2,1H3,(H,28,31). The lowest BCUT2D eigenvalue weighted by Gasteiger charge is -2.32. The number of alkyl halides is 2. The number of fused-ring (bicyclic) bond motifs is 2. The smallest absolute Gasteiger partial charge is 0.278 e. The van der Waals surface area contributed by atoms with E-state index in [1.165, 1.54) is 11.3 Å². The maximum atomic E-state index is 13.1. The number of benzene rings is 1. The zero-order valence-corrected chi connectivity index (χ0v) is 20.7. The van der Waals surface area contributed by atoms with E-state index in [4.69, 9.17) is 14.2 Å². The molecule has 1 aliphatic carbocycles. The Kier molecular flexibility index (Phi) is 7.11. The summed E-state index contributed by atoms with van der Waals surface area (Å²) in [5.41, 5.74) is 1.49. The number of aromatic nitrogens is 1. The van der Waals surface area contributed by atoms with E-state index in [1.807, 2.05) is 12.1 Å². The van der Waals surface area contributed by atoms with E-state index in [0.29, 0.717) is 28.2 Å². The first-order valence-electron chi connectivity index (χ1n) is 12.2. The van der Waals surface area contributed by atoms with Crippen LogP contribution in [0, 0.1) is 5.92 Å². The molecule has 1 aromatic carbocycles. The number of halogens is 2. The summed E-state index contributed by atoms with van der Waals surface area (Å²) in [5, 5.41) is 3.52. The average Bonchev–Trinajstić information content (AvgIpc) is 3.48. The Labute approximate surface area is 207 Å². The SMILES string of the molecule is CC(F)(F)COc1nc2c(s1)CCN(CCC1CCC(NC(=O)c3cccc4c3OCO4)CC1)C2. The van der Waals surface area contributed by atoms with Crippen molar-refractivity contribution >= 4 is 17.2 Å². The fourth-order valence-electron chi connectivity index (χ4n) is 5.00. The molecular weight excluding hydrogens is 476 g/mol. The van der Waals surface area contributed by atoms with Crippen LogP contribution in [0.3, 0.4) is 0 Å². The Hall–Kier alpha value is -2.46. The Morgan fingerprint density at radius 3 is 2.91 bits per heavy atom. The maximum Gasteiger partial charge on any atom is 0.278 e. The second-order valence-corrected chi connectivity index (χ2v) is 10.8. The number of carbonyl (C=O) groups excluding carboxylic acids is 1. The first-order valence-corrected chi connectivity index (χ1v) is 13.1. The number of carbonyl (C=O) groups is 1. The van der Waals surface area contributed by atoms with Gasteiger partial charge < -0.3 is 19.5 Å². The highest BCUT2D eigenvalue weighted by molar-refractivity contribution is 7.13. The lowest BCUT2D eigenvalue weighted by Crippen LogP contribution is -2.38. The van der Waals surface area contributed by atoms with Crippen LogP contribution < -0.4 is 19.5 Å². The number of ether oxygens (including phenoxy) is 3. The summed E-state index contributed by atoms with van der Waals surface area (Å²) in [6.45, 7) is 3.06. The summed E-state index contributed by atoms with van der Waals surface area (Å²) in [4.78, 5) is 20.8. The molecule has 0 unspecified atom stereocenters. The molecule has 1 saturated carbocycles. The molecule has 1 aromatic heterocycles. The topological polar surface area (TPSA) is 72.9 Å². The molecule has 3 heterocycles. The molecule has 1 fully saturated rings. The van der Waals surface area contributed by atoms with E-state index in [1.54, 1.807) is 6.07 Å². The summed E-state index contributed by atoms with van der Waals surface area (Å²) >= 11 is 1.39. The van der Waals surface area contributed by atoms with Crippen LogP contribution in [0.25, 0.3) is 0 Å². The molecule has 1 N–H and O–H groups in total. The Balaban J connectivity index is 1.04. The minimum absolute atomic E-state index is 0.103. The van der Waals surface area contributed by atoms with E-state index in [-0.39, 0.29) is 18.7 Å². The van der Waals surface area contributed by atoms with Gasteiger partial charge in [-0.2, -0.15) is 0 Å². The molecule has 2 aliphatic heterocycles. The minimum atomic E-state index is -2.86. The second kappa shape index (κ2) is 10.3. The molecule has 0 radical (unpaired) electrons. The fraction of sp³-hybridized carbons (Fsp3) is 0.600. The van der Waals surface area contributed by atoms with Gasteiger partial charge in [-0.05, 0) is 63.1 Å². The molecule has 10 heteroatoms. The van der Waals surface area contributed by atoms with E-state index < -0.39 is 12.5 Å². The average molecular weight is 508 g/mol. The highest BCUT2D eigenvalue weighted by Crippen LogP contribution is 2.36. The summed E-state index contributed by atoms with van der Waals surface area (Å²) in [7, 11) is 0. The van der Waals surface area contributed by atoms with Crippen LogP contribution in [0.2, 0.25) is 0 Å². The molecule has 35 heavy (non-hydrogen) atoms. The van der Waals surface area contributed by atoms with Gasteiger partial charge in [-0.1, -0.05) is 17.4 Å². The van der Waals surface area contributed by atoms with Gasteiger partial charge in [-0.15, -0.1) is 0 Å². The molecular formula is C25H31F2N3O4S. The molecule has 0 saturated heterocycles. The van der Waals surface area contributed by atoms with Crippen molar-refractivity contribution in [2.24, 2.45) is 5.92 Å². The van der Waals surface area contributed by atoms with Crippen LogP contribution in [0.5, 0.6) is 16.7 Å². The van der Waals surface area contributed by atoms with Crippen LogP contribution in [0.1, 0.15) is 60.0 Å². The van der Waals surface area contributed by atoms with E-state index in [2.05, 4.69) is 15.2 Å². The van der Waals surface area contributed by atoms with Crippen molar-refractivity contribution < 1.29 is 27.8 Å². The van der Waals surface area contributed by atoms with E-state index >= 15 is 0 Å². The Morgan fingerprint density at radius 1 is 1.29 bits per heavy atom. The fourth-order valence-corrected chi connectivity index (χ4v) is 5.91. The largest absolute Gasteiger partial charge is 0.464 e. The van der Waals surface area contributed by atoms with Crippen molar-refractivity contribution in [3.63, 3.8) is 0 Å². The van der Waals surface area contributed by atoms with E-state index in [9.17, 15) is 13.6 Å². The van der Waals surface area contributed by atoms with Gasteiger partial charge in [-0.25, -0.2) is 13.8 Å². The van der Waals surface area contributed by atoms with Crippen molar-refractivity contribution in [3.8, 4) is 16.7 Å². The lowest BCUT2D eigenvalue weighted by atomic mass is 9.84. The quantitative estimate of drug-likeness (QED) is 0.561. The zero-order valence-electron chi connectivity index (χ0n) is 19.9. The normalized spacial score (nSPS) is 22.0. The van der Waals surface area contributed by atoms with Crippen LogP contribution in [0.15, 0.2) is 18.2 Å². The van der Waals surface area contributed by atoms with Crippen LogP contribution in [0.4, 0.5) is 8.78 Å². The summed E-state index contributed by atoms with van der Waals surface area (Å²) in [5.74, 6) is -1.16. The molecule has 0 spiro atoms. The number of hydrogen-bond acceptors (Lipinski definition) is 7. The Bertz CT molecular complexity index is 1050. The van der Waals surface area contributed by atoms with Crippen LogP contribution in [-0.4, -0.2) is 54.2 Å². The van der Waals surface area contributed by atoms with Crippen molar-refractivity contribution in [1.82, 2.24) is 15.2 Å².